The maximum absolute atomic E-state index is 13.7. The summed E-state index contributed by atoms with van der Waals surface area (Å²) in [6, 6.07) is 10.8. The van der Waals surface area contributed by atoms with E-state index in [0.29, 0.717) is 42.7 Å². The largest absolute Gasteiger partial charge is 0.490 e. The number of aromatic nitrogens is 3. The first-order chi connectivity index (χ1) is 18.8. The van der Waals surface area contributed by atoms with Crippen molar-refractivity contribution in [1.82, 2.24) is 24.9 Å². The molecule has 208 valence electrons. The zero-order chi connectivity index (χ0) is 27.5. The third-order valence-corrected chi connectivity index (χ3v) is 7.43. The average molecular weight is 538 g/mol. The Labute approximate surface area is 227 Å². The molecule has 3 aromatic rings. The minimum Gasteiger partial charge on any atom is -0.490 e. The Kier molecular flexibility index (Phi) is 7.87. The highest BCUT2D eigenvalue weighted by molar-refractivity contribution is 5.92. The Balaban J connectivity index is 1.25. The number of likely N-dealkylation sites (tertiary alicyclic amines) is 2. The summed E-state index contributed by atoms with van der Waals surface area (Å²) in [5.74, 6) is 0.977. The summed E-state index contributed by atoms with van der Waals surface area (Å²) in [5, 5.41) is 14.3. The van der Waals surface area contributed by atoms with Crippen LogP contribution in [0.4, 0.5) is 0 Å². The first-order valence-corrected chi connectivity index (χ1v) is 13.4. The summed E-state index contributed by atoms with van der Waals surface area (Å²) in [6.07, 6.45) is 2.66. The van der Waals surface area contributed by atoms with Gasteiger partial charge in [-0.2, -0.15) is 0 Å². The van der Waals surface area contributed by atoms with Gasteiger partial charge in [0.05, 0.1) is 25.5 Å². The van der Waals surface area contributed by atoms with Crippen molar-refractivity contribution in [3.63, 3.8) is 0 Å². The molecule has 2 aliphatic heterocycles. The lowest BCUT2D eigenvalue weighted by Gasteiger charge is -2.32. The van der Waals surface area contributed by atoms with Crippen LogP contribution in [-0.4, -0.2) is 80.8 Å². The number of nitrogens with one attached hydrogen (secondary N) is 1. The molecule has 4 heterocycles. The molecule has 2 amide bonds. The van der Waals surface area contributed by atoms with E-state index in [1.807, 2.05) is 44.2 Å². The second-order valence-corrected chi connectivity index (χ2v) is 10.5. The summed E-state index contributed by atoms with van der Waals surface area (Å²) in [5.41, 5.74) is 0.363. The third-order valence-electron chi connectivity index (χ3n) is 7.43. The van der Waals surface area contributed by atoms with E-state index in [-0.39, 0.29) is 30.4 Å². The number of hydrogen-bond donors (Lipinski definition) is 2. The number of aromatic amines is 1. The van der Waals surface area contributed by atoms with E-state index >= 15 is 0 Å². The van der Waals surface area contributed by atoms with Gasteiger partial charge in [0.1, 0.15) is 29.3 Å². The molecule has 39 heavy (non-hydrogen) atoms. The Hall–Kier alpha value is -3.86. The van der Waals surface area contributed by atoms with Crippen LogP contribution in [0.2, 0.25) is 0 Å². The normalized spacial score (nSPS) is 20.8. The smallest absolute Gasteiger partial charge is 0.271 e. The van der Waals surface area contributed by atoms with Gasteiger partial charge >= 0.3 is 0 Å². The van der Waals surface area contributed by atoms with E-state index in [9.17, 15) is 14.7 Å². The van der Waals surface area contributed by atoms with Gasteiger partial charge in [-0.3, -0.25) is 9.59 Å². The number of β-amino-alcohol motifs (C(OH)–C–C–N with tert-alkyl or cyclic N) is 1. The standard InChI is InChI=1S/C28H35N5O6/c1-17(2)25(23-14-24(37-3)31-39-23)28(36)33-16-18(34)13-22(33)26-29-15-21(30-26)27(35)32-11-9-20(10-12-32)38-19-7-5-4-6-8-19/h4-8,14-15,17-18,20,22,25,34H,9-13,16H2,1-3H3,(H,29,30)/t18-,22+,25?/m1/s1. The summed E-state index contributed by atoms with van der Waals surface area (Å²) < 4.78 is 16.6. The van der Waals surface area contributed by atoms with E-state index in [4.69, 9.17) is 14.0 Å². The van der Waals surface area contributed by atoms with Crippen molar-refractivity contribution in [2.45, 2.75) is 57.3 Å². The van der Waals surface area contributed by atoms with Crippen molar-refractivity contribution in [2.75, 3.05) is 26.7 Å². The number of piperidine rings is 1. The van der Waals surface area contributed by atoms with Crippen LogP contribution >= 0.6 is 0 Å². The summed E-state index contributed by atoms with van der Waals surface area (Å²) in [6.45, 7) is 5.17. The fraction of sp³-hybridized carbons (Fsp3) is 0.500. The maximum atomic E-state index is 13.7. The first kappa shape index (κ1) is 26.7. The number of H-pyrrole nitrogens is 1. The molecule has 1 unspecified atom stereocenters. The second kappa shape index (κ2) is 11.5. The Morgan fingerprint density at radius 2 is 1.92 bits per heavy atom. The molecule has 5 rings (SSSR count). The molecule has 2 N–H and O–H groups in total. The molecule has 2 fully saturated rings. The molecule has 0 aliphatic carbocycles. The zero-order valence-electron chi connectivity index (χ0n) is 22.4. The van der Waals surface area contributed by atoms with Crippen molar-refractivity contribution >= 4 is 11.8 Å². The van der Waals surface area contributed by atoms with Crippen molar-refractivity contribution < 1.29 is 28.7 Å². The van der Waals surface area contributed by atoms with Gasteiger partial charge in [0.25, 0.3) is 11.8 Å². The lowest BCUT2D eigenvalue weighted by Crippen LogP contribution is -2.42. The quantitative estimate of drug-likeness (QED) is 0.448. The van der Waals surface area contributed by atoms with E-state index < -0.39 is 18.1 Å². The molecule has 2 aromatic heterocycles. The molecular formula is C28H35N5O6. The van der Waals surface area contributed by atoms with E-state index in [0.717, 1.165) is 18.6 Å². The maximum Gasteiger partial charge on any atom is 0.271 e. The number of methoxy groups -OCH3 is 1. The predicted octanol–water partition coefficient (Wildman–Crippen LogP) is 3.16. The average Bonchev–Trinajstić information content (AvgIpc) is 3.69. The number of aliphatic hydroxyl groups excluding tert-OH is 1. The molecule has 11 nitrogen and oxygen atoms in total. The van der Waals surface area contributed by atoms with Crippen LogP contribution in [0.25, 0.3) is 0 Å². The lowest BCUT2D eigenvalue weighted by molar-refractivity contribution is -0.135. The number of aliphatic hydroxyl groups is 1. The molecule has 0 spiro atoms. The van der Waals surface area contributed by atoms with Crippen molar-refractivity contribution in [3.8, 4) is 11.6 Å². The van der Waals surface area contributed by atoms with Crippen molar-refractivity contribution in [3.05, 3.63) is 59.9 Å². The Morgan fingerprint density at radius 1 is 1.18 bits per heavy atom. The van der Waals surface area contributed by atoms with Crippen LogP contribution < -0.4 is 9.47 Å². The molecule has 3 atom stereocenters. The fourth-order valence-electron chi connectivity index (χ4n) is 5.40. The van der Waals surface area contributed by atoms with E-state index in [1.165, 1.54) is 13.3 Å². The van der Waals surface area contributed by atoms with Gasteiger partial charge in [0.15, 0.2) is 5.76 Å². The topological polar surface area (TPSA) is 134 Å². The number of carbonyl (C=O) groups is 2. The first-order valence-electron chi connectivity index (χ1n) is 13.4. The number of ether oxygens (including phenoxy) is 2. The van der Waals surface area contributed by atoms with Gasteiger partial charge in [-0.05, 0) is 23.2 Å². The van der Waals surface area contributed by atoms with Crippen molar-refractivity contribution in [2.24, 2.45) is 5.92 Å². The molecule has 2 aliphatic rings. The van der Waals surface area contributed by atoms with Crippen LogP contribution in [0, 0.1) is 5.92 Å². The zero-order valence-corrected chi connectivity index (χ0v) is 22.4. The third kappa shape index (κ3) is 5.78. The number of hydrogen-bond acceptors (Lipinski definition) is 8. The van der Waals surface area contributed by atoms with Gasteiger partial charge in [0, 0.05) is 45.0 Å². The molecule has 0 saturated carbocycles. The van der Waals surface area contributed by atoms with E-state index in [2.05, 4.69) is 15.1 Å². The van der Waals surface area contributed by atoms with Crippen LogP contribution in [0.1, 0.15) is 67.1 Å². The number of benzene rings is 1. The number of imidazole rings is 1. The predicted molar refractivity (Wildman–Crippen MR) is 140 cm³/mol. The SMILES string of the molecule is COc1cc(C(C(=O)N2C[C@H](O)C[C@H]2c2ncc(C(=O)N3CCC(Oc4ccccc4)CC3)[nH]2)C(C)C)on1. The summed E-state index contributed by atoms with van der Waals surface area (Å²) in [4.78, 5) is 38.0. The minimum atomic E-state index is -0.705. The second-order valence-electron chi connectivity index (χ2n) is 10.5. The monoisotopic (exact) mass is 537 g/mol. The van der Waals surface area contributed by atoms with Crippen LogP contribution in [0.3, 0.4) is 0 Å². The summed E-state index contributed by atoms with van der Waals surface area (Å²) >= 11 is 0. The van der Waals surface area contributed by atoms with Gasteiger partial charge in [-0.15, -0.1) is 0 Å². The molecule has 0 radical (unpaired) electrons. The fourth-order valence-corrected chi connectivity index (χ4v) is 5.40. The number of rotatable bonds is 8. The highest BCUT2D eigenvalue weighted by atomic mass is 16.5. The molecular weight excluding hydrogens is 502 g/mol. The molecule has 1 aromatic carbocycles. The van der Waals surface area contributed by atoms with Gasteiger partial charge in [-0.25, -0.2) is 4.98 Å². The number of nitrogens with zero attached hydrogens (tertiary/aromatic N) is 4. The van der Waals surface area contributed by atoms with Crippen LogP contribution in [0.5, 0.6) is 11.6 Å². The molecule has 2 saturated heterocycles. The van der Waals surface area contributed by atoms with Crippen LogP contribution in [-0.2, 0) is 4.79 Å². The van der Waals surface area contributed by atoms with Gasteiger partial charge in [0.2, 0.25) is 5.91 Å². The Morgan fingerprint density at radius 3 is 2.59 bits per heavy atom. The highest BCUT2D eigenvalue weighted by Gasteiger charge is 2.42. The number of carbonyl (C=O) groups excluding carboxylic acids is 2. The van der Waals surface area contributed by atoms with Gasteiger partial charge in [-0.1, -0.05) is 32.0 Å². The Bertz CT molecular complexity index is 1270. The molecule has 0 bridgehead atoms. The van der Waals surface area contributed by atoms with Crippen molar-refractivity contribution in [1.29, 1.82) is 0 Å². The van der Waals surface area contributed by atoms with Gasteiger partial charge < -0.3 is 33.9 Å². The van der Waals surface area contributed by atoms with Crippen LogP contribution in [0.15, 0.2) is 47.1 Å². The molecule has 11 heteroatoms. The minimum absolute atomic E-state index is 0.0616. The highest BCUT2D eigenvalue weighted by Crippen LogP contribution is 2.37. The number of amides is 2. The lowest BCUT2D eigenvalue weighted by atomic mass is 9.91. The summed E-state index contributed by atoms with van der Waals surface area (Å²) in [7, 11) is 1.48. The number of para-hydroxylation sites is 1. The van der Waals surface area contributed by atoms with E-state index in [1.54, 1.807) is 15.9 Å².